The molecule has 0 atom stereocenters. The summed E-state index contributed by atoms with van der Waals surface area (Å²) in [6, 6.07) is 29.3. The predicted molar refractivity (Wildman–Crippen MR) is 149 cm³/mol. The Morgan fingerprint density at radius 3 is 2.05 bits per heavy atom. The molecule has 0 bridgehead atoms. The van der Waals surface area contributed by atoms with Crippen LogP contribution in [0.2, 0.25) is 0 Å². The summed E-state index contributed by atoms with van der Waals surface area (Å²) in [4.78, 5) is 38.7. The molecule has 5 heteroatoms. The zero-order valence-electron chi connectivity index (χ0n) is 20.8. The van der Waals surface area contributed by atoms with Crippen molar-refractivity contribution in [2.45, 2.75) is 20.3 Å². The van der Waals surface area contributed by atoms with Crippen molar-refractivity contribution in [3.05, 3.63) is 137 Å². The van der Waals surface area contributed by atoms with Gasteiger partial charge in [0.25, 0.3) is 0 Å². The molecule has 0 heterocycles. The molecule has 0 aliphatic rings. The summed E-state index contributed by atoms with van der Waals surface area (Å²) in [5.74, 6) is -0.809. The maximum atomic E-state index is 13.3. The Morgan fingerprint density at radius 1 is 0.730 bits per heavy atom. The van der Waals surface area contributed by atoms with Crippen LogP contribution in [0.1, 0.15) is 38.2 Å². The van der Waals surface area contributed by atoms with Gasteiger partial charge in [-0.3, -0.25) is 14.4 Å². The molecular formula is C32H28N2O3. The van der Waals surface area contributed by atoms with Crippen molar-refractivity contribution >= 4 is 35.0 Å². The van der Waals surface area contributed by atoms with Crippen molar-refractivity contribution < 1.29 is 14.4 Å². The molecule has 0 saturated heterocycles. The molecule has 0 aromatic heterocycles. The van der Waals surface area contributed by atoms with Crippen molar-refractivity contribution in [2.24, 2.45) is 0 Å². The number of anilines is 2. The van der Waals surface area contributed by atoms with Gasteiger partial charge in [0.1, 0.15) is 0 Å². The molecule has 0 saturated carbocycles. The first-order chi connectivity index (χ1) is 17.9. The first kappa shape index (κ1) is 25.3. The zero-order valence-corrected chi connectivity index (χ0v) is 20.8. The van der Waals surface area contributed by atoms with E-state index in [1.165, 1.54) is 6.08 Å². The summed E-state index contributed by atoms with van der Waals surface area (Å²) >= 11 is 0. The third-order valence-electron chi connectivity index (χ3n) is 5.83. The second-order valence-electron chi connectivity index (χ2n) is 8.90. The van der Waals surface area contributed by atoms with Crippen molar-refractivity contribution in [3.8, 4) is 0 Å². The number of rotatable bonds is 8. The Balaban J connectivity index is 1.55. The van der Waals surface area contributed by atoms with E-state index in [1.54, 1.807) is 48.5 Å². The fourth-order valence-corrected chi connectivity index (χ4v) is 3.78. The van der Waals surface area contributed by atoms with Gasteiger partial charge >= 0.3 is 0 Å². The van der Waals surface area contributed by atoms with Crippen LogP contribution in [-0.2, 0) is 16.0 Å². The third-order valence-corrected chi connectivity index (χ3v) is 5.83. The number of aryl methyl sites for hydroxylation is 2. The van der Waals surface area contributed by atoms with E-state index in [-0.39, 0.29) is 24.0 Å². The summed E-state index contributed by atoms with van der Waals surface area (Å²) in [5.41, 5.74) is 5.67. The number of ketones is 1. The van der Waals surface area contributed by atoms with E-state index < -0.39 is 0 Å². The molecule has 0 aliphatic carbocycles. The van der Waals surface area contributed by atoms with E-state index in [1.807, 2.05) is 68.4 Å². The highest BCUT2D eigenvalue weighted by atomic mass is 16.2. The van der Waals surface area contributed by atoms with Gasteiger partial charge in [-0.2, -0.15) is 0 Å². The highest BCUT2D eigenvalue weighted by Gasteiger charge is 2.17. The normalized spacial score (nSPS) is 10.8. The zero-order chi connectivity index (χ0) is 26.2. The molecule has 2 N–H and O–H groups in total. The fraction of sp³-hybridized carbons (Fsp3) is 0.0938. The topological polar surface area (TPSA) is 75.3 Å². The van der Waals surface area contributed by atoms with Gasteiger partial charge in [0, 0.05) is 22.9 Å². The van der Waals surface area contributed by atoms with E-state index in [9.17, 15) is 14.4 Å². The molecule has 5 nitrogen and oxygen atoms in total. The van der Waals surface area contributed by atoms with Gasteiger partial charge in [-0.25, -0.2) is 0 Å². The SMILES string of the molecule is Cc1ccc(/C=C/C(=O)Nc2ccc(NC(=O)Cc3ccc(C)cc3)c(C(=O)c3ccccc3)c2)cc1. The van der Waals surface area contributed by atoms with Crippen LogP contribution in [0, 0.1) is 13.8 Å². The van der Waals surface area contributed by atoms with Gasteiger partial charge in [-0.1, -0.05) is 90.0 Å². The van der Waals surface area contributed by atoms with Crippen LogP contribution < -0.4 is 10.6 Å². The van der Waals surface area contributed by atoms with Gasteiger partial charge in [0.2, 0.25) is 11.8 Å². The van der Waals surface area contributed by atoms with Crippen molar-refractivity contribution in [1.29, 1.82) is 0 Å². The Kier molecular flexibility index (Phi) is 8.06. The molecule has 4 rings (SSSR count). The van der Waals surface area contributed by atoms with Crippen molar-refractivity contribution in [1.82, 2.24) is 0 Å². The lowest BCUT2D eigenvalue weighted by atomic mass is 10.0. The minimum Gasteiger partial charge on any atom is -0.325 e. The van der Waals surface area contributed by atoms with Gasteiger partial charge in [-0.15, -0.1) is 0 Å². The summed E-state index contributed by atoms with van der Waals surface area (Å²) in [7, 11) is 0. The third kappa shape index (κ3) is 7.12. The van der Waals surface area contributed by atoms with Crippen LogP contribution in [0.25, 0.3) is 6.08 Å². The number of amides is 2. The number of hydrogen-bond acceptors (Lipinski definition) is 3. The monoisotopic (exact) mass is 488 g/mol. The first-order valence-corrected chi connectivity index (χ1v) is 12.0. The quantitative estimate of drug-likeness (QED) is 0.224. The standard InChI is InChI=1S/C32H28N2O3/c1-22-8-12-24(13-9-22)16-19-30(35)33-27-17-18-29(28(21-27)32(37)26-6-4-3-5-7-26)34-31(36)20-25-14-10-23(2)11-15-25/h3-19,21H,20H2,1-2H3,(H,33,35)(H,34,36)/b19-16+. The van der Waals surface area contributed by atoms with Gasteiger partial charge in [0.05, 0.1) is 12.1 Å². The molecule has 0 radical (unpaired) electrons. The molecule has 184 valence electrons. The van der Waals surface area contributed by atoms with Gasteiger partial charge in [-0.05, 0) is 49.2 Å². The van der Waals surface area contributed by atoms with Crippen LogP contribution in [0.5, 0.6) is 0 Å². The average molecular weight is 489 g/mol. The molecule has 4 aromatic rings. The smallest absolute Gasteiger partial charge is 0.248 e. The average Bonchev–Trinajstić information content (AvgIpc) is 2.90. The molecule has 0 aliphatic heterocycles. The molecule has 0 unspecified atom stereocenters. The number of carbonyl (C=O) groups is 3. The summed E-state index contributed by atoms with van der Waals surface area (Å²) in [6.07, 6.45) is 3.35. The van der Waals surface area contributed by atoms with Crippen molar-refractivity contribution in [3.63, 3.8) is 0 Å². The van der Waals surface area contributed by atoms with Crippen LogP contribution in [0.15, 0.2) is 103 Å². The number of benzene rings is 4. The molecule has 4 aromatic carbocycles. The van der Waals surface area contributed by atoms with E-state index in [0.29, 0.717) is 22.5 Å². The Bertz CT molecular complexity index is 1440. The van der Waals surface area contributed by atoms with E-state index in [4.69, 9.17) is 0 Å². The molecule has 0 spiro atoms. The fourth-order valence-electron chi connectivity index (χ4n) is 3.78. The largest absolute Gasteiger partial charge is 0.325 e. The molecule has 0 fully saturated rings. The Hall–Kier alpha value is -4.77. The highest BCUT2D eigenvalue weighted by Crippen LogP contribution is 2.24. The number of hydrogen-bond donors (Lipinski definition) is 2. The maximum Gasteiger partial charge on any atom is 0.248 e. The summed E-state index contributed by atoms with van der Waals surface area (Å²) in [5, 5.41) is 5.67. The molecule has 37 heavy (non-hydrogen) atoms. The lowest BCUT2D eigenvalue weighted by Crippen LogP contribution is -2.18. The van der Waals surface area contributed by atoms with Crippen LogP contribution in [-0.4, -0.2) is 17.6 Å². The summed E-state index contributed by atoms with van der Waals surface area (Å²) < 4.78 is 0. The minimum absolute atomic E-state index is 0.182. The lowest BCUT2D eigenvalue weighted by Gasteiger charge is -2.13. The lowest BCUT2D eigenvalue weighted by molar-refractivity contribution is -0.115. The predicted octanol–water partition coefficient (Wildman–Crippen LogP) is 6.37. The van der Waals surface area contributed by atoms with E-state index in [2.05, 4.69) is 10.6 Å². The molecular weight excluding hydrogens is 460 g/mol. The number of carbonyl (C=O) groups excluding carboxylic acids is 3. The number of nitrogens with one attached hydrogen (secondary N) is 2. The maximum absolute atomic E-state index is 13.3. The first-order valence-electron chi connectivity index (χ1n) is 12.0. The Morgan fingerprint density at radius 2 is 1.38 bits per heavy atom. The van der Waals surface area contributed by atoms with Crippen LogP contribution in [0.3, 0.4) is 0 Å². The molecule has 2 amide bonds. The van der Waals surface area contributed by atoms with Crippen molar-refractivity contribution in [2.75, 3.05) is 10.6 Å². The second-order valence-corrected chi connectivity index (χ2v) is 8.90. The van der Waals surface area contributed by atoms with Crippen LogP contribution in [0.4, 0.5) is 11.4 Å². The minimum atomic E-state index is -0.324. The van der Waals surface area contributed by atoms with Gasteiger partial charge in [0.15, 0.2) is 5.78 Å². The second kappa shape index (κ2) is 11.8. The van der Waals surface area contributed by atoms with E-state index >= 15 is 0 Å². The van der Waals surface area contributed by atoms with Crippen LogP contribution >= 0.6 is 0 Å². The Labute approximate surface area is 216 Å². The highest BCUT2D eigenvalue weighted by molar-refractivity contribution is 6.15. The van der Waals surface area contributed by atoms with E-state index in [0.717, 1.165) is 22.3 Å². The van der Waals surface area contributed by atoms with Gasteiger partial charge < -0.3 is 10.6 Å². The summed E-state index contributed by atoms with van der Waals surface area (Å²) in [6.45, 7) is 3.99.